The molecule has 1 aromatic rings. The van der Waals surface area contributed by atoms with Gasteiger partial charge in [-0.15, -0.1) is 0 Å². The topological polar surface area (TPSA) is 94.0 Å². The quantitative estimate of drug-likeness (QED) is 0.666. The number of amides is 1. The number of rotatable bonds is 5. The standard InChI is InChI=1S/C11H16N4O/c12-6-11(3-4-11)7-15-9-2-1-8(5-14-9)10(13)16/h1-2,5H,3-4,6-7,12H2,(H2,13,16)(H,14,15). The Morgan fingerprint density at radius 3 is 2.69 bits per heavy atom. The summed E-state index contributed by atoms with van der Waals surface area (Å²) in [6, 6.07) is 3.42. The van der Waals surface area contributed by atoms with Crippen LogP contribution in [0.5, 0.6) is 0 Å². The fraction of sp³-hybridized carbons (Fsp3) is 0.455. The van der Waals surface area contributed by atoms with Gasteiger partial charge in [-0.1, -0.05) is 0 Å². The molecule has 1 aliphatic carbocycles. The number of anilines is 1. The van der Waals surface area contributed by atoms with Gasteiger partial charge >= 0.3 is 0 Å². The lowest BCUT2D eigenvalue weighted by Gasteiger charge is -2.13. The SMILES string of the molecule is NCC1(CNc2ccc(C(N)=O)cn2)CC1. The van der Waals surface area contributed by atoms with Crippen LogP contribution in [0.1, 0.15) is 23.2 Å². The second-order valence-corrected chi connectivity index (χ2v) is 4.35. The zero-order valence-corrected chi connectivity index (χ0v) is 9.07. The molecular formula is C11H16N4O. The van der Waals surface area contributed by atoms with Gasteiger partial charge < -0.3 is 16.8 Å². The summed E-state index contributed by atoms with van der Waals surface area (Å²) in [4.78, 5) is 14.9. The molecule has 5 N–H and O–H groups in total. The van der Waals surface area contributed by atoms with Crippen molar-refractivity contribution in [2.75, 3.05) is 18.4 Å². The lowest BCUT2D eigenvalue weighted by Crippen LogP contribution is -2.24. The van der Waals surface area contributed by atoms with E-state index in [4.69, 9.17) is 11.5 Å². The Morgan fingerprint density at radius 2 is 2.25 bits per heavy atom. The molecule has 1 amide bonds. The van der Waals surface area contributed by atoms with E-state index in [0.717, 1.165) is 12.4 Å². The Hall–Kier alpha value is -1.62. The summed E-state index contributed by atoms with van der Waals surface area (Å²) in [6.07, 6.45) is 3.83. The van der Waals surface area contributed by atoms with Gasteiger partial charge in [-0.3, -0.25) is 4.79 Å². The van der Waals surface area contributed by atoms with E-state index in [0.29, 0.717) is 12.1 Å². The van der Waals surface area contributed by atoms with E-state index < -0.39 is 5.91 Å². The van der Waals surface area contributed by atoms with Crippen molar-refractivity contribution in [1.29, 1.82) is 0 Å². The van der Waals surface area contributed by atoms with Crippen molar-refractivity contribution in [1.82, 2.24) is 4.98 Å². The van der Waals surface area contributed by atoms with Gasteiger partial charge in [0.15, 0.2) is 0 Å². The summed E-state index contributed by atoms with van der Waals surface area (Å²) in [5.74, 6) is 0.296. The third-order valence-electron chi connectivity index (χ3n) is 3.08. The first kappa shape index (κ1) is 10.9. The molecule has 86 valence electrons. The molecule has 16 heavy (non-hydrogen) atoms. The van der Waals surface area contributed by atoms with Crippen LogP contribution >= 0.6 is 0 Å². The average molecular weight is 220 g/mol. The van der Waals surface area contributed by atoms with E-state index in [9.17, 15) is 4.79 Å². The summed E-state index contributed by atoms with van der Waals surface area (Å²) >= 11 is 0. The predicted molar refractivity (Wildman–Crippen MR) is 62.0 cm³/mol. The van der Waals surface area contributed by atoms with Gasteiger partial charge in [0.2, 0.25) is 5.91 Å². The second-order valence-electron chi connectivity index (χ2n) is 4.35. The summed E-state index contributed by atoms with van der Waals surface area (Å²) in [7, 11) is 0. The second kappa shape index (κ2) is 4.09. The number of nitrogens with one attached hydrogen (secondary N) is 1. The van der Waals surface area contributed by atoms with Gasteiger partial charge in [0.05, 0.1) is 5.56 Å². The first-order chi connectivity index (χ1) is 7.65. The number of nitrogens with two attached hydrogens (primary N) is 2. The van der Waals surface area contributed by atoms with Crippen LogP contribution in [0.2, 0.25) is 0 Å². The van der Waals surface area contributed by atoms with Crippen molar-refractivity contribution in [3.05, 3.63) is 23.9 Å². The molecule has 1 aromatic heterocycles. The Kier molecular flexibility index (Phi) is 2.78. The smallest absolute Gasteiger partial charge is 0.250 e. The fourth-order valence-corrected chi connectivity index (χ4v) is 1.55. The molecule has 0 saturated heterocycles. The molecule has 0 aromatic carbocycles. The molecular weight excluding hydrogens is 204 g/mol. The zero-order chi connectivity index (χ0) is 11.6. The minimum atomic E-state index is -0.459. The lowest BCUT2D eigenvalue weighted by atomic mass is 10.1. The number of hydrogen-bond acceptors (Lipinski definition) is 4. The van der Waals surface area contributed by atoms with Crippen LogP contribution in [-0.4, -0.2) is 24.0 Å². The van der Waals surface area contributed by atoms with Crippen molar-refractivity contribution < 1.29 is 4.79 Å². The van der Waals surface area contributed by atoms with E-state index in [2.05, 4.69) is 10.3 Å². The van der Waals surface area contributed by atoms with Gasteiger partial charge in [-0.25, -0.2) is 4.98 Å². The van der Waals surface area contributed by atoms with E-state index in [-0.39, 0.29) is 5.41 Å². The fourth-order valence-electron chi connectivity index (χ4n) is 1.55. The van der Waals surface area contributed by atoms with Crippen molar-refractivity contribution in [2.45, 2.75) is 12.8 Å². The van der Waals surface area contributed by atoms with E-state index >= 15 is 0 Å². The van der Waals surface area contributed by atoms with Crippen LogP contribution < -0.4 is 16.8 Å². The number of carbonyl (C=O) groups is 1. The molecule has 1 aliphatic rings. The van der Waals surface area contributed by atoms with Crippen LogP contribution in [0.4, 0.5) is 5.82 Å². The number of aromatic nitrogens is 1. The number of nitrogens with zero attached hydrogens (tertiary/aromatic N) is 1. The Labute approximate surface area is 94.2 Å². The number of carbonyl (C=O) groups excluding carboxylic acids is 1. The average Bonchev–Trinajstić information content (AvgIpc) is 3.08. The molecule has 0 bridgehead atoms. The summed E-state index contributed by atoms with van der Waals surface area (Å²) in [5, 5.41) is 3.22. The minimum absolute atomic E-state index is 0.268. The molecule has 0 aliphatic heterocycles. The Morgan fingerprint density at radius 1 is 1.50 bits per heavy atom. The largest absolute Gasteiger partial charge is 0.369 e. The van der Waals surface area contributed by atoms with Crippen LogP contribution in [0, 0.1) is 5.41 Å². The number of pyridine rings is 1. The third kappa shape index (κ3) is 2.30. The lowest BCUT2D eigenvalue weighted by molar-refractivity contribution is 0.1000. The number of hydrogen-bond donors (Lipinski definition) is 3. The Bertz CT molecular complexity index is 383. The predicted octanol–water partition coefficient (Wildman–Crippen LogP) is 0.331. The van der Waals surface area contributed by atoms with Crippen LogP contribution in [0.25, 0.3) is 0 Å². The Balaban J connectivity index is 1.93. The highest BCUT2D eigenvalue weighted by atomic mass is 16.1. The molecule has 1 saturated carbocycles. The zero-order valence-electron chi connectivity index (χ0n) is 9.07. The normalized spacial score (nSPS) is 16.8. The monoisotopic (exact) mass is 220 g/mol. The molecule has 0 radical (unpaired) electrons. The highest BCUT2D eigenvalue weighted by molar-refractivity contribution is 5.92. The molecule has 2 rings (SSSR count). The van der Waals surface area contributed by atoms with E-state index in [1.807, 2.05) is 0 Å². The van der Waals surface area contributed by atoms with Crippen molar-refractivity contribution in [3.8, 4) is 0 Å². The molecule has 5 heteroatoms. The number of primary amides is 1. The van der Waals surface area contributed by atoms with Crippen LogP contribution in [0.3, 0.4) is 0 Å². The maximum absolute atomic E-state index is 10.8. The molecule has 0 unspecified atom stereocenters. The summed E-state index contributed by atoms with van der Waals surface area (Å²) in [5.41, 5.74) is 11.5. The maximum Gasteiger partial charge on any atom is 0.250 e. The van der Waals surface area contributed by atoms with Crippen LogP contribution in [-0.2, 0) is 0 Å². The van der Waals surface area contributed by atoms with Gasteiger partial charge in [-0.2, -0.15) is 0 Å². The van der Waals surface area contributed by atoms with Crippen molar-refractivity contribution in [3.63, 3.8) is 0 Å². The summed E-state index contributed by atoms with van der Waals surface area (Å²) < 4.78 is 0. The molecule has 1 fully saturated rings. The highest BCUT2D eigenvalue weighted by Gasteiger charge is 2.40. The van der Waals surface area contributed by atoms with Crippen molar-refractivity contribution >= 4 is 11.7 Å². The van der Waals surface area contributed by atoms with Gasteiger partial charge in [0.25, 0.3) is 0 Å². The van der Waals surface area contributed by atoms with E-state index in [1.54, 1.807) is 12.1 Å². The first-order valence-corrected chi connectivity index (χ1v) is 5.35. The van der Waals surface area contributed by atoms with Gasteiger partial charge in [0, 0.05) is 12.7 Å². The third-order valence-corrected chi connectivity index (χ3v) is 3.08. The van der Waals surface area contributed by atoms with Crippen molar-refractivity contribution in [2.24, 2.45) is 16.9 Å². The molecule has 1 heterocycles. The van der Waals surface area contributed by atoms with E-state index in [1.165, 1.54) is 19.0 Å². The summed E-state index contributed by atoms with van der Waals surface area (Å²) in [6.45, 7) is 1.55. The minimum Gasteiger partial charge on any atom is -0.369 e. The molecule has 0 atom stereocenters. The molecule has 5 nitrogen and oxygen atoms in total. The highest BCUT2D eigenvalue weighted by Crippen LogP contribution is 2.44. The maximum atomic E-state index is 10.8. The molecule has 0 spiro atoms. The van der Waals surface area contributed by atoms with Crippen LogP contribution in [0.15, 0.2) is 18.3 Å². The first-order valence-electron chi connectivity index (χ1n) is 5.35. The van der Waals surface area contributed by atoms with Gasteiger partial charge in [-0.05, 0) is 36.9 Å². The van der Waals surface area contributed by atoms with Gasteiger partial charge in [0.1, 0.15) is 5.82 Å².